The summed E-state index contributed by atoms with van der Waals surface area (Å²) < 4.78 is 0. The molecule has 0 aliphatic heterocycles. The van der Waals surface area contributed by atoms with E-state index in [1.165, 1.54) is 17.0 Å². The van der Waals surface area contributed by atoms with E-state index in [0.29, 0.717) is 0 Å². The number of amides is 3. The van der Waals surface area contributed by atoms with Crippen LogP contribution < -0.4 is 10.6 Å². The Kier molecular flexibility index (Phi) is 9.03. The molecule has 0 unspecified atom stereocenters. The molecule has 0 saturated heterocycles. The number of hydrogen-bond donors (Lipinski definition) is 2. The van der Waals surface area contributed by atoms with Gasteiger partial charge in [-0.3, -0.25) is 24.5 Å². The van der Waals surface area contributed by atoms with E-state index in [1.807, 2.05) is 13.8 Å². The second-order valence-electron chi connectivity index (χ2n) is 7.19. The van der Waals surface area contributed by atoms with E-state index in [2.05, 4.69) is 10.6 Å². The van der Waals surface area contributed by atoms with Crippen LogP contribution in [0, 0.1) is 16.0 Å². The van der Waals surface area contributed by atoms with Crippen molar-refractivity contribution in [2.75, 3.05) is 13.1 Å². The Morgan fingerprint density at radius 2 is 1.79 bits per heavy atom. The number of rotatable bonds is 9. The van der Waals surface area contributed by atoms with E-state index in [-0.39, 0.29) is 41.5 Å². The number of carbonyl (C=O) groups is 3. The molecule has 3 amide bonds. The van der Waals surface area contributed by atoms with Gasteiger partial charge in [-0.25, -0.2) is 0 Å². The maximum atomic E-state index is 12.9. The van der Waals surface area contributed by atoms with Crippen LogP contribution in [0.3, 0.4) is 0 Å². The van der Waals surface area contributed by atoms with Crippen LogP contribution in [0.2, 0.25) is 5.02 Å². The van der Waals surface area contributed by atoms with Crippen molar-refractivity contribution in [3.05, 3.63) is 38.9 Å². The molecule has 9 nitrogen and oxygen atoms in total. The Bertz CT molecular complexity index is 782. The van der Waals surface area contributed by atoms with Crippen molar-refractivity contribution < 1.29 is 19.3 Å². The number of nitro benzene ring substituents is 1. The summed E-state index contributed by atoms with van der Waals surface area (Å²) in [6.45, 7) is 9.05. The van der Waals surface area contributed by atoms with Gasteiger partial charge in [-0.2, -0.15) is 0 Å². The highest BCUT2D eigenvalue weighted by molar-refractivity contribution is 6.32. The van der Waals surface area contributed by atoms with Gasteiger partial charge in [0.1, 0.15) is 11.1 Å². The molecular formula is C19H27ClN4O5. The zero-order valence-corrected chi connectivity index (χ0v) is 17.9. The van der Waals surface area contributed by atoms with Crippen LogP contribution >= 0.6 is 11.6 Å². The van der Waals surface area contributed by atoms with Gasteiger partial charge in [0.05, 0.1) is 11.5 Å². The molecule has 29 heavy (non-hydrogen) atoms. The van der Waals surface area contributed by atoms with Crippen molar-refractivity contribution in [2.24, 2.45) is 5.92 Å². The van der Waals surface area contributed by atoms with Crippen molar-refractivity contribution in [1.82, 2.24) is 15.5 Å². The van der Waals surface area contributed by atoms with Gasteiger partial charge in [-0.05, 0) is 38.8 Å². The number of likely N-dealkylation sites (N-methyl/N-ethyl adjacent to an activating group) is 1. The van der Waals surface area contributed by atoms with E-state index in [1.54, 1.807) is 20.8 Å². The van der Waals surface area contributed by atoms with Crippen LogP contribution in [0.25, 0.3) is 0 Å². The number of nitro groups is 1. The number of nitrogens with one attached hydrogen (secondary N) is 2. The summed E-state index contributed by atoms with van der Waals surface area (Å²) in [7, 11) is 0. The van der Waals surface area contributed by atoms with E-state index in [4.69, 9.17) is 11.6 Å². The maximum Gasteiger partial charge on any atom is 0.288 e. The molecule has 0 saturated carbocycles. The molecule has 1 aromatic rings. The van der Waals surface area contributed by atoms with Gasteiger partial charge in [0.2, 0.25) is 11.8 Å². The lowest BCUT2D eigenvalue weighted by Gasteiger charge is -2.29. The second kappa shape index (κ2) is 10.8. The van der Waals surface area contributed by atoms with Crippen LogP contribution in [-0.2, 0) is 9.59 Å². The molecule has 0 bridgehead atoms. The largest absolute Gasteiger partial charge is 0.352 e. The lowest BCUT2D eigenvalue weighted by molar-refractivity contribution is -0.384. The van der Waals surface area contributed by atoms with Gasteiger partial charge in [-0.15, -0.1) is 0 Å². The Labute approximate surface area is 174 Å². The monoisotopic (exact) mass is 426 g/mol. The van der Waals surface area contributed by atoms with Gasteiger partial charge in [0.25, 0.3) is 11.6 Å². The summed E-state index contributed by atoms with van der Waals surface area (Å²) in [5.41, 5.74) is -0.382. The van der Waals surface area contributed by atoms with E-state index in [9.17, 15) is 24.5 Å². The minimum absolute atomic E-state index is 0.0140. The number of carbonyl (C=O) groups excluding carboxylic acids is 3. The third kappa shape index (κ3) is 7.01. The molecule has 1 rings (SSSR count). The Hall–Kier alpha value is -2.68. The Morgan fingerprint density at radius 3 is 2.28 bits per heavy atom. The first-order chi connectivity index (χ1) is 13.5. The highest BCUT2D eigenvalue weighted by Gasteiger charge is 2.30. The summed E-state index contributed by atoms with van der Waals surface area (Å²) in [5, 5.41) is 16.3. The lowest BCUT2D eigenvalue weighted by Crippen LogP contribution is -2.53. The fourth-order valence-corrected chi connectivity index (χ4v) is 2.80. The van der Waals surface area contributed by atoms with Crippen LogP contribution in [0.4, 0.5) is 5.69 Å². The average Bonchev–Trinajstić information content (AvgIpc) is 2.62. The molecule has 0 aliphatic rings. The summed E-state index contributed by atoms with van der Waals surface area (Å²) in [6, 6.07) is 2.71. The average molecular weight is 427 g/mol. The van der Waals surface area contributed by atoms with Gasteiger partial charge in [0.15, 0.2) is 0 Å². The molecular weight excluding hydrogens is 400 g/mol. The van der Waals surface area contributed by atoms with Crippen LogP contribution in [0.1, 0.15) is 45.0 Å². The Morgan fingerprint density at radius 1 is 1.17 bits per heavy atom. The minimum atomic E-state index is -0.899. The predicted octanol–water partition coefficient (Wildman–Crippen LogP) is 2.38. The predicted molar refractivity (Wildman–Crippen MR) is 110 cm³/mol. The summed E-state index contributed by atoms with van der Waals surface area (Å²) in [5.74, 6) is -1.61. The topological polar surface area (TPSA) is 122 Å². The molecule has 10 heteroatoms. The maximum absolute atomic E-state index is 12.9. The molecule has 2 N–H and O–H groups in total. The molecule has 1 aromatic carbocycles. The van der Waals surface area contributed by atoms with Crippen LogP contribution in [0.15, 0.2) is 18.2 Å². The Balaban J connectivity index is 3.00. The minimum Gasteiger partial charge on any atom is -0.352 e. The van der Waals surface area contributed by atoms with E-state index < -0.39 is 28.5 Å². The SMILES string of the molecule is CCN(CC(=O)NC(C)C)C(=O)[C@@H](NC(=O)c1ccc(Cl)c([N+](=O)[O-])c1)C(C)C. The first-order valence-electron chi connectivity index (χ1n) is 9.30. The molecule has 1 atom stereocenters. The molecule has 0 aromatic heterocycles. The normalized spacial score (nSPS) is 11.9. The number of halogens is 1. The standard InChI is InChI=1S/C19H27ClN4O5/c1-6-23(10-16(25)21-12(4)5)19(27)17(11(2)3)22-18(26)13-7-8-14(20)15(9-13)24(28)29/h7-9,11-12,17H,6,10H2,1-5H3,(H,21,25)(H,22,26)/t17-/m0/s1. The summed E-state index contributed by atoms with van der Waals surface area (Å²) in [4.78, 5) is 49.3. The third-order valence-electron chi connectivity index (χ3n) is 4.10. The quantitative estimate of drug-likeness (QED) is 0.463. The number of hydrogen-bond acceptors (Lipinski definition) is 5. The molecule has 0 fully saturated rings. The van der Waals surface area contributed by atoms with Crippen LogP contribution in [-0.4, -0.2) is 52.7 Å². The zero-order valence-electron chi connectivity index (χ0n) is 17.2. The molecule has 0 spiro atoms. The molecule has 0 heterocycles. The third-order valence-corrected chi connectivity index (χ3v) is 4.42. The zero-order chi connectivity index (χ0) is 22.3. The highest BCUT2D eigenvalue weighted by Crippen LogP contribution is 2.25. The number of nitrogens with zero attached hydrogens (tertiary/aromatic N) is 2. The molecule has 0 radical (unpaired) electrons. The second-order valence-corrected chi connectivity index (χ2v) is 7.60. The fraction of sp³-hybridized carbons (Fsp3) is 0.526. The lowest BCUT2D eigenvalue weighted by atomic mass is 10.0. The van der Waals surface area contributed by atoms with Crippen molar-refractivity contribution in [3.8, 4) is 0 Å². The first kappa shape index (κ1) is 24.4. The van der Waals surface area contributed by atoms with Gasteiger partial charge in [-0.1, -0.05) is 25.4 Å². The van der Waals surface area contributed by atoms with Crippen molar-refractivity contribution >= 4 is 35.0 Å². The highest BCUT2D eigenvalue weighted by atomic mass is 35.5. The number of benzene rings is 1. The van der Waals surface area contributed by atoms with Gasteiger partial charge >= 0.3 is 0 Å². The van der Waals surface area contributed by atoms with Crippen molar-refractivity contribution in [2.45, 2.75) is 46.7 Å². The first-order valence-corrected chi connectivity index (χ1v) is 9.68. The van der Waals surface area contributed by atoms with E-state index in [0.717, 1.165) is 6.07 Å². The van der Waals surface area contributed by atoms with Gasteiger partial charge < -0.3 is 15.5 Å². The fourth-order valence-electron chi connectivity index (χ4n) is 2.62. The smallest absolute Gasteiger partial charge is 0.288 e. The van der Waals surface area contributed by atoms with Crippen LogP contribution in [0.5, 0.6) is 0 Å². The molecule has 160 valence electrons. The summed E-state index contributed by atoms with van der Waals surface area (Å²) >= 11 is 5.78. The van der Waals surface area contributed by atoms with Crippen molar-refractivity contribution in [1.29, 1.82) is 0 Å². The van der Waals surface area contributed by atoms with Gasteiger partial charge in [0, 0.05) is 24.2 Å². The molecule has 0 aliphatic carbocycles. The van der Waals surface area contributed by atoms with Crippen molar-refractivity contribution in [3.63, 3.8) is 0 Å². The van der Waals surface area contributed by atoms with E-state index >= 15 is 0 Å². The summed E-state index contributed by atoms with van der Waals surface area (Å²) in [6.07, 6.45) is 0.